The Hall–Kier alpha value is -1.03. The van der Waals surface area contributed by atoms with Gasteiger partial charge in [-0.1, -0.05) is 27.2 Å². The molecule has 0 atom stereocenters. The minimum atomic E-state index is -0.795. The van der Waals surface area contributed by atoms with E-state index in [9.17, 15) is 5.11 Å². The third-order valence-corrected chi connectivity index (χ3v) is 5.40. The van der Waals surface area contributed by atoms with Crippen LogP contribution in [0.4, 0.5) is 0 Å². The van der Waals surface area contributed by atoms with Crippen LogP contribution in [0.5, 0.6) is 5.75 Å². The molecule has 0 saturated heterocycles. The van der Waals surface area contributed by atoms with E-state index in [1.54, 1.807) is 18.0 Å². The number of methoxy groups -OCH3 is 1. The summed E-state index contributed by atoms with van der Waals surface area (Å²) in [5.74, 6) is 1.38. The fourth-order valence-corrected chi connectivity index (χ4v) is 3.50. The van der Waals surface area contributed by atoms with Crippen molar-refractivity contribution >= 4 is 0 Å². The summed E-state index contributed by atoms with van der Waals surface area (Å²) in [5, 5.41) is 15.3. The lowest BCUT2D eigenvalue weighted by Crippen LogP contribution is -2.37. The molecule has 114 valence electrons. The molecular weight excluding hydrogens is 252 g/mol. The average Bonchev–Trinajstić information content (AvgIpc) is 2.81. The van der Waals surface area contributed by atoms with Gasteiger partial charge in [-0.15, -0.1) is 0 Å². The van der Waals surface area contributed by atoms with Crippen LogP contribution in [-0.4, -0.2) is 22.0 Å². The van der Waals surface area contributed by atoms with Crippen molar-refractivity contribution < 1.29 is 9.84 Å². The molecule has 1 N–H and O–H groups in total. The molecule has 1 saturated carbocycles. The molecule has 0 aromatic carbocycles. The van der Waals surface area contributed by atoms with Gasteiger partial charge in [-0.2, -0.15) is 5.10 Å². The van der Waals surface area contributed by atoms with Gasteiger partial charge in [0.05, 0.1) is 13.3 Å². The highest BCUT2D eigenvalue weighted by Crippen LogP contribution is 2.48. The quantitative estimate of drug-likeness (QED) is 0.921. The lowest BCUT2D eigenvalue weighted by atomic mass is 9.66. The third-order valence-electron chi connectivity index (χ3n) is 5.40. The van der Waals surface area contributed by atoms with E-state index >= 15 is 0 Å². The number of rotatable bonds is 4. The van der Waals surface area contributed by atoms with Crippen LogP contribution in [0.3, 0.4) is 0 Å². The number of hydrogen-bond donors (Lipinski definition) is 1. The van der Waals surface area contributed by atoms with Crippen molar-refractivity contribution in [1.82, 2.24) is 9.78 Å². The Bertz CT molecular complexity index is 457. The number of aromatic nitrogens is 2. The van der Waals surface area contributed by atoms with Gasteiger partial charge in [-0.25, -0.2) is 0 Å². The molecule has 2 rings (SSSR count). The van der Waals surface area contributed by atoms with Crippen molar-refractivity contribution in [1.29, 1.82) is 0 Å². The van der Waals surface area contributed by atoms with Crippen LogP contribution >= 0.6 is 0 Å². The predicted octanol–water partition coefficient (Wildman–Crippen LogP) is 3.24. The molecule has 1 aliphatic rings. The van der Waals surface area contributed by atoms with Gasteiger partial charge >= 0.3 is 0 Å². The highest BCUT2D eigenvalue weighted by molar-refractivity contribution is 5.31. The van der Waals surface area contributed by atoms with Gasteiger partial charge in [-0.05, 0) is 37.0 Å². The summed E-state index contributed by atoms with van der Waals surface area (Å²) >= 11 is 0. The van der Waals surface area contributed by atoms with E-state index in [2.05, 4.69) is 25.9 Å². The molecule has 20 heavy (non-hydrogen) atoms. The van der Waals surface area contributed by atoms with E-state index in [1.807, 2.05) is 7.05 Å². The van der Waals surface area contributed by atoms with Gasteiger partial charge in [0, 0.05) is 7.05 Å². The summed E-state index contributed by atoms with van der Waals surface area (Å²) < 4.78 is 7.11. The van der Waals surface area contributed by atoms with Gasteiger partial charge in [0.2, 0.25) is 0 Å². The van der Waals surface area contributed by atoms with Gasteiger partial charge in [-0.3, -0.25) is 4.68 Å². The lowest BCUT2D eigenvalue weighted by molar-refractivity contribution is -0.0399. The normalized spacial score (nSPS) is 27.6. The molecule has 0 amide bonds. The number of hydrogen-bond acceptors (Lipinski definition) is 3. The van der Waals surface area contributed by atoms with Crippen molar-refractivity contribution in [3.05, 3.63) is 11.9 Å². The molecule has 0 aliphatic heterocycles. The topological polar surface area (TPSA) is 47.3 Å². The second-order valence-electron chi connectivity index (χ2n) is 6.83. The minimum absolute atomic E-state index is 0.359. The summed E-state index contributed by atoms with van der Waals surface area (Å²) in [5.41, 5.74) is 0.391. The zero-order chi connectivity index (χ0) is 15.0. The Morgan fingerprint density at radius 2 is 2.05 bits per heavy atom. The second kappa shape index (κ2) is 5.40. The predicted molar refractivity (Wildman–Crippen MR) is 79.7 cm³/mol. The average molecular weight is 280 g/mol. The first-order chi connectivity index (χ1) is 9.34. The van der Waals surface area contributed by atoms with E-state index in [-0.39, 0.29) is 0 Å². The van der Waals surface area contributed by atoms with Crippen molar-refractivity contribution in [2.75, 3.05) is 7.11 Å². The van der Waals surface area contributed by atoms with Gasteiger partial charge in [0.15, 0.2) is 5.75 Å². The molecule has 1 aromatic rings. The monoisotopic (exact) mass is 280 g/mol. The van der Waals surface area contributed by atoms with E-state index in [0.717, 1.165) is 31.4 Å². The van der Waals surface area contributed by atoms with Crippen LogP contribution in [-0.2, 0) is 12.6 Å². The van der Waals surface area contributed by atoms with Crippen molar-refractivity contribution in [3.63, 3.8) is 0 Å². The van der Waals surface area contributed by atoms with Crippen LogP contribution in [0.1, 0.15) is 58.6 Å². The van der Waals surface area contributed by atoms with Crippen LogP contribution in [0.2, 0.25) is 0 Å². The van der Waals surface area contributed by atoms with E-state index in [0.29, 0.717) is 17.1 Å². The van der Waals surface area contributed by atoms with Crippen LogP contribution in [0.15, 0.2) is 6.20 Å². The highest BCUT2D eigenvalue weighted by Gasteiger charge is 2.42. The maximum Gasteiger partial charge on any atom is 0.162 e. The molecule has 4 nitrogen and oxygen atoms in total. The first-order valence-electron chi connectivity index (χ1n) is 7.63. The molecule has 0 spiro atoms. The Morgan fingerprint density at radius 1 is 1.45 bits per heavy atom. The van der Waals surface area contributed by atoms with Crippen LogP contribution in [0, 0.1) is 11.3 Å². The highest BCUT2D eigenvalue weighted by atomic mass is 16.5. The standard InChI is InChI=1S/C16H28N2O2/c1-6-15(2,3)12-7-9-16(19,10-8-12)14-13(20-5)11-17-18(14)4/h11-12,19H,6-10H2,1-5H3. The molecule has 4 heteroatoms. The first-order valence-corrected chi connectivity index (χ1v) is 7.63. The Morgan fingerprint density at radius 3 is 2.55 bits per heavy atom. The van der Waals surface area contributed by atoms with Gasteiger partial charge in [0.25, 0.3) is 0 Å². The Balaban J connectivity index is 2.18. The molecule has 1 fully saturated rings. The molecule has 1 heterocycles. The summed E-state index contributed by atoms with van der Waals surface area (Å²) in [6, 6.07) is 0. The number of nitrogens with zero attached hydrogens (tertiary/aromatic N) is 2. The van der Waals surface area contributed by atoms with E-state index in [1.165, 1.54) is 6.42 Å². The largest absolute Gasteiger partial charge is 0.493 e. The maximum absolute atomic E-state index is 11.0. The van der Waals surface area contributed by atoms with Crippen molar-refractivity contribution in [2.45, 2.75) is 58.5 Å². The molecule has 1 aromatic heterocycles. The molecule has 1 aliphatic carbocycles. The van der Waals surface area contributed by atoms with E-state index < -0.39 is 5.60 Å². The Kier molecular flexibility index (Phi) is 4.14. The second-order valence-corrected chi connectivity index (χ2v) is 6.83. The number of aryl methyl sites for hydroxylation is 1. The summed E-state index contributed by atoms with van der Waals surface area (Å²) in [6.07, 6.45) is 6.58. The zero-order valence-electron chi connectivity index (χ0n) is 13.4. The Labute approximate surface area is 122 Å². The van der Waals surface area contributed by atoms with Crippen LogP contribution in [0.25, 0.3) is 0 Å². The molecule has 0 unspecified atom stereocenters. The minimum Gasteiger partial charge on any atom is -0.493 e. The maximum atomic E-state index is 11.0. The SMILES string of the molecule is CCC(C)(C)C1CCC(O)(c2c(OC)cnn2C)CC1. The van der Waals surface area contributed by atoms with Crippen molar-refractivity contribution in [2.24, 2.45) is 18.4 Å². The lowest BCUT2D eigenvalue weighted by Gasteiger charge is -2.42. The van der Waals surface area contributed by atoms with Crippen LogP contribution < -0.4 is 4.74 Å². The van der Waals surface area contributed by atoms with Gasteiger partial charge < -0.3 is 9.84 Å². The molecular formula is C16H28N2O2. The summed E-state index contributed by atoms with van der Waals surface area (Å²) in [6.45, 7) is 6.93. The smallest absolute Gasteiger partial charge is 0.162 e. The van der Waals surface area contributed by atoms with Gasteiger partial charge in [0.1, 0.15) is 11.3 Å². The molecule has 0 radical (unpaired) electrons. The first kappa shape index (κ1) is 15.4. The number of ether oxygens (including phenoxy) is 1. The van der Waals surface area contributed by atoms with E-state index in [4.69, 9.17) is 4.74 Å². The fraction of sp³-hybridized carbons (Fsp3) is 0.812. The third kappa shape index (κ3) is 2.58. The van der Waals surface area contributed by atoms with Crippen molar-refractivity contribution in [3.8, 4) is 5.75 Å². The zero-order valence-corrected chi connectivity index (χ0v) is 13.4. The number of aliphatic hydroxyl groups is 1. The summed E-state index contributed by atoms with van der Waals surface area (Å²) in [7, 11) is 3.51. The molecule has 0 bridgehead atoms. The summed E-state index contributed by atoms with van der Waals surface area (Å²) in [4.78, 5) is 0. The fourth-order valence-electron chi connectivity index (χ4n) is 3.50.